The molecule has 3 aromatic rings. The molecule has 1 N–H and O–H groups in total. The summed E-state index contributed by atoms with van der Waals surface area (Å²) in [5.41, 5.74) is 0.930. The molecule has 0 atom stereocenters. The van der Waals surface area contributed by atoms with E-state index < -0.39 is 0 Å². The van der Waals surface area contributed by atoms with Crippen LogP contribution >= 0.6 is 0 Å². The van der Waals surface area contributed by atoms with Crippen molar-refractivity contribution in [3.63, 3.8) is 0 Å². The predicted octanol–water partition coefficient (Wildman–Crippen LogP) is 2.65. The normalized spacial score (nSPS) is 11.0. The van der Waals surface area contributed by atoms with Crippen molar-refractivity contribution in [2.75, 3.05) is 0 Å². The van der Waals surface area contributed by atoms with E-state index >= 15 is 0 Å². The Hall–Kier alpha value is -2.29. The maximum absolute atomic E-state index is 12.1. The molecule has 78 valence electrons. The van der Waals surface area contributed by atoms with E-state index in [-0.39, 0.29) is 11.2 Å². The summed E-state index contributed by atoms with van der Waals surface area (Å²) in [6, 6.07) is 11.6. The molecule has 2 aromatic carbocycles. The van der Waals surface area contributed by atoms with E-state index in [0.29, 0.717) is 21.9 Å². The van der Waals surface area contributed by atoms with Gasteiger partial charge >= 0.3 is 0 Å². The second kappa shape index (κ2) is 3.10. The Kier molecular flexibility index (Phi) is 1.74. The molecule has 0 aliphatic carbocycles. The fourth-order valence-corrected chi connectivity index (χ4v) is 1.79. The van der Waals surface area contributed by atoms with E-state index in [1.54, 1.807) is 24.3 Å². The van der Waals surface area contributed by atoms with E-state index in [0.717, 1.165) is 0 Å². The van der Waals surface area contributed by atoms with Crippen LogP contribution in [0.5, 0.6) is 5.75 Å². The first kappa shape index (κ1) is 8.97. The van der Waals surface area contributed by atoms with Crippen LogP contribution in [0, 0.1) is 0 Å². The zero-order valence-corrected chi connectivity index (χ0v) is 8.31. The summed E-state index contributed by atoms with van der Waals surface area (Å²) < 4.78 is 5.57. The molecule has 16 heavy (non-hydrogen) atoms. The van der Waals surface area contributed by atoms with Gasteiger partial charge < -0.3 is 9.52 Å². The molecule has 0 saturated heterocycles. The van der Waals surface area contributed by atoms with Crippen LogP contribution in [-0.4, -0.2) is 5.11 Å². The zero-order valence-electron chi connectivity index (χ0n) is 8.31. The maximum Gasteiger partial charge on any atom is 0.200 e. The Morgan fingerprint density at radius 3 is 2.56 bits per heavy atom. The highest BCUT2D eigenvalue weighted by molar-refractivity contribution is 5.90. The molecule has 0 amide bonds. The summed E-state index contributed by atoms with van der Waals surface area (Å²) in [5.74, 6) is 0.0649. The minimum Gasteiger partial charge on any atom is -0.508 e. The largest absolute Gasteiger partial charge is 0.508 e. The average Bonchev–Trinajstić information content (AvgIpc) is 2.31. The van der Waals surface area contributed by atoms with Crippen LogP contribution in [0.3, 0.4) is 0 Å². The van der Waals surface area contributed by atoms with Gasteiger partial charge in [-0.05, 0) is 30.3 Å². The molecule has 0 aliphatic heterocycles. The topological polar surface area (TPSA) is 50.4 Å². The number of hydrogen-bond acceptors (Lipinski definition) is 3. The second-order valence-electron chi connectivity index (χ2n) is 3.61. The van der Waals surface area contributed by atoms with E-state index in [4.69, 9.17) is 4.42 Å². The monoisotopic (exact) mass is 212 g/mol. The van der Waals surface area contributed by atoms with Gasteiger partial charge in [0.2, 0.25) is 5.43 Å². The fourth-order valence-electron chi connectivity index (χ4n) is 1.79. The van der Waals surface area contributed by atoms with Gasteiger partial charge in [-0.2, -0.15) is 0 Å². The van der Waals surface area contributed by atoms with Gasteiger partial charge in [0.05, 0.1) is 10.8 Å². The van der Waals surface area contributed by atoms with Crippen LogP contribution in [0.15, 0.2) is 51.7 Å². The molecular weight excluding hydrogens is 204 g/mol. The number of para-hydroxylation sites is 1. The molecule has 0 spiro atoms. The SMILES string of the molecule is O=c1c2ccccc2oc2ccc(O)cc12. The Labute approximate surface area is 90.6 Å². The summed E-state index contributed by atoms with van der Waals surface area (Å²) in [4.78, 5) is 12.1. The molecular formula is C13H8O3. The molecule has 3 rings (SSSR count). The number of phenols is 1. The van der Waals surface area contributed by atoms with E-state index in [1.807, 2.05) is 6.07 Å². The third kappa shape index (κ3) is 1.18. The third-order valence-corrected chi connectivity index (χ3v) is 2.56. The van der Waals surface area contributed by atoms with Crippen molar-refractivity contribution in [1.82, 2.24) is 0 Å². The fraction of sp³-hybridized carbons (Fsp3) is 0. The van der Waals surface area contributed by atoms with Crippen molar-refractivity contribution >= 4 is 21.9 Å². The van der Waals surface area contributed by atoms with Crippen molar-refractivity contribution < 1.29 is 9.52 Å². The van der Waals surface area contributed by atoms with Crippen molar-refractivity contribution in [3.05, 3.63) is 52.7 Å². The van der Waals surface area contributed by atoms with Crippen LogP contribution in [0.2, 0.25) is 0 Å². The standard InChI is InChI=1S/C13H8O3/c14-8-5-6-12-10(7-8)13(15)9-3-1-2-4-11(9)16-12/h1-7,14H. The lowest BCUT2D eigenvalue weighted by Crippen LogP contribution is -2.01. The van der Waals surface area contributed by atoms with Gasteiger partial charge in [-0.3, -0.25) is 4.79 Å². The van der Waals surface area contributed by atoms with Gasteiger partial charge in [-0.25, -0.2) is 0 Å². The zero-order chi connectivity index (χ0) is 11.1. The van der Waals surface area contributed by atoms with Crippen molar-refractivity contribution in [2.45, 2.75) is 0 Å². The van der Waals surface area contributed by atoms with E-state index in [2.05, 4.69) is 0 Å². The van der Waals surface area contributed by atoms with Gasteiger partial charge in [-0.1, -0.05) is 12.1 Å². The van der Waals surface area contributed by atoms with Crippen LogP contribution in [0.25, 0.3) is 21.9 Å². The molecule has 1 heterocycles. The van der Waals surface area contributed by atoms with Crippen LogP contribution in [0.1, 0.15) is 0 Å². The lowest BCUT2D eigenvalue weighted by molar-refractivity contribution is 0.475. The maximum atomic E-state index is 12.1. The Bertz CT molecular complexity index is 741. The highest BCUT2D eigenvalue weighted by Crippen LogP contribution is 2.21. The summed E-state index contributed by atoms with van der Waals surface area (Å²) in [5, 5.41) is 10.3. The van der Waals surface area contributed by atoms with E-state index in [9.17, 15) is 9.90 Å². The molecule has 0 bridgehead atoms. The smallest absolute Gasteiger partial charge is 0.200 e. The molecule has 1 aromatic heterocycles. The molecule has 0 unspecified atom stereocenters. The summed E-state index contributed by atoms with van der Waals surface area (Å²) in [6.45, 7) is 0. The lowest BCUT2D eigenvalue weighted by Gasteiger charge is -2.00. The van der Waals surface area contributed by atoms with Crippen molar-refractivity contribution in [3.8, 4) is 5.75 Å². The average molecular weight is 212 g/mol. The molecule has 0 saturated carbocycles. The summed E-state index contributed by atoms with van der Waals surface area (Å²) in [6.07, 6.45) is 0. The highest BCUT2D eigenvalue weighted by Gasteiger charge is 2.06. The van der Waals surface area contributed by atoms with Gasteiger partial charge in [0.15, 0.2) is 0 Å². The lowest BCUT2D eigenvalue weighted by atomic mass is 10.1. The first-order valence-electron chi connectivity index (χ1n) is 4.90. The van der Waals surface area contributed by atoms with Gasteiger partial charge in [0.1, 0.15) is 16.9 Å². The quantitative estimate of drug-likeness (QED) is 0.583. The van der Waals surface area contributed by atoms with Crippen LogP contribution in [-0.2, 0) is 0 Å². The molecule has 3 heteroatoms. The number of rotatable bonds is 0. The number of aromatic hydroxyl groups is 1. The number of fused-ring (bicyclic) bond motifs is 2. The van der Waals surface area contributed by atoms with E-state index in [1.165, 1.54) is 12.1 Å². The van der Waals surface area contributed by atoms with Crippen LogP contribution < -0.4 is 5.43 Å². The van der Waals surface area contributed by atoms with Gasteiger partial charge in [0, 0.05) is 0 Å². The Morgan fingerprint density at radius 1 is 0.938 bits per heavy atom. The molecule has 3 nitrogen and oxygen atoms in total. The third-order valence-electron chi connectivity index (χ3n) is 2.56. The highest BCUT2D eigenvalue weighted by atomic mass is 16.3. The first-order chi connectivity index (χ1) is 7.75. The van der Waals surface area contributed by atoms with Crippen molar-refractivity contribution in [2.24, 2.45) is 0 Å². The number of phenolic OH excluding ortho intramolecular Hbond substituents is 1. The predicted molar refractivity (Wildman–Crippen MR) is 61.7 cm³/mol. The number of benzene rings is 2. The Balaban J connectivity index is 2.61. The summed E-state index contributed by atoms with van der Waals surface area (Å²) in [7, 11) is 0. The van der Waals surface area contributed by atoms with Gasteiger partial charge in [0.25, 0.3) is 0 Å². The van der Waals surface area contributed by atoms with Crippen molar-refractivity contribution in [1.29, 1.82) is 0 Å². The minimum absolute atomic E-state index is 0.0649. The molecule has 0 fully saturated rings. The number of hydrogen-bond donors (Lipinski definition) is 1. The minimum atomic E-state index is -0.118. The van der Waals surface area contributed by atoms with Crippen LogP contribution in [0.4, 0.5) is 0 Å². The first-order valence-corrected chi connectivity index (χ1v) is 4.90. The summed E-state index contributed by atoms with van der Waals surface area (Å²) >= 11 is 0. The molecule has 0 aliphatic rings. The van der Waals surface area contributed by atoms with Gasteiger partial charge in [-0.15, -0.1) is 0 Å². The second-order valence-corrected chi connectivity index (χ2v) is 3.61. The molecule has 0 radical (unpaired) electrons. The Morgan fingerprint density at radius 2 is 1.69 bits per heavy atom.